The van der Waals surface area contributed by atoms with E-state index < -0.39 is 0 Å². The minimum atomic E-state index is 0.403. The maximum atomic E-state index is 6.67. The van der Waals surface area contributed by atoms with Crippen molar-refractivity contribution in [2.24, 2.45) is 28.9 Å². The molecule has 0 amide bonds. The summed E-state index contributed by atoms with van der Waals surface area (Å²) in [6.45, 7) is 0. The van der Waals surface area contributed by atoms with E-state index in [0.29, 0.717) is 11.5 Å². The highest BCUT2D eigenvalue weighted by atomic mass is 32.1. The van der Waals surface area contributed by atoms with Crippen LogP contribution < -0.4 is 5.73 Å². The quantitative estimate of drug-likeness (QED) is 0.879. The molecular formula is C16H23NS. The predicted molar refractivity (Wildman–Crippen MR) is 76.6 cm³/mol. The molecule has 2 N–H and O–H groups in total. The minimum absolute atomic E-state index is 0.403. The predicted octanol–water partition coefficient (Wildman–Crippen LogP) is 3.83. The molecule has 1 aromatic rings. The molecule has 2 heteroatoms. The zero-order chi connectivity index (χ0) is 12.2. The topological polar surface area (TPSA) is 26.0 Å². The number of hydrogen-bond acceptors (Lipinski definition) is 2. The standard InChI is InChI=1S/C16H23NS/c17-15(6-11-1-2-18-10-11)16-7-12-3-13(8-16)5-14(4-12)9-16/h1-2,10,12-15H,3-9,17H2. The van der Waals surface area contributed by atoms with Crippen LogP contribution in [0.2, 0.25) is 0 Å². The van der Waals surface area contributed by atoms with Crippen molar-refractivity contribution in [3.05, 3.63) is 22.4 Å². The van der Waals surface area contributed by atoms with Crippen LogP contribution in [0.25, 0.3) is 0 Å². The lowest BCUT2D eigenvalue weighted by Gasteiger charge is -2.59. The Bertz CT molecular complexity index is 387. The first-order valence-electron chi connectivity index (χ1n) is 7.50. The average Bonchev–Trinajstić information content (AvgIpc) is 2.79. The summed E-state index contributed by atoms with van der Waals surface area (Å²) in [5, 5.41) is 4.46. The van der Waals surface area contributed by atoms with Crippen molar-refractivity contribution in [2.75, 3.05) is 0 Å². The van der Waals surface area contributed by atoms with Crippen molar-refractivity contribution in [3.63, 3.8) is 0 Å². The van der Waals surface area contributed by atoms with Gasteiger partial charge in [-0.1, -0.05) is 0 Å². The lowest BCUT2D eigenvalue weighted by atomic mass is 9.47. The highest BCUT2D eigenvalue weighted by Gasteiger charge is 2.53. The van der Waals surface area contributed by atoms with E-state index >= 15 is 0 Å². The molecule has 0 radical (unpaired) electrons. The molecule has 1 heterocycles. The Morgan fingerprint density at radius 1 is 1.17 bits per heavy atom. The van der Waals surface area contributed by atoms with Gasteiger partial charge in [0.15, 0.2) is 0 Å². The van der Waals surface area contributed by atoms with Crippen LogP contribution in [0, 0.1) is 23.2 Å². The van der Waals surface area contributed by atoms with E-state index in [1.165, 1.54) is 44.1 Å². The van der Waals surface area contributed by atoms with Crippen LogP contribution in [0.1, 0.15) is 44.1 Å². The Kier molecular flexibility index (Phi) is 2.60. The highest BCUT2D eigenvalue weighted by Crippen LogP contribution is 2.61. The maximum absolute atomic E-state index is 6.67. The molecule has 5 rings (SSSR count). The molecule has 1 atom stereocenters. The molecule has 4 fully saturated rings. The van der Waals surface area contributed by atoms with Gasteiger partial charge in [-0.25, -0.2) is 0 Å². The Morgan fingerprint density at radius 3 is 2.28 bits per heavy atom. The van der Waals surface area contributed by atoms with Gasteiger partial charge in [0.05, 0.1) is 0 Å². The average molecular weight is 261 g/mol. The molecule has 4 aliphatic carbocycles. The number of nitrogens with two attached hydrogens (primary N) is 1. The number of hydrogen-bond donors (Lipinski definition) is 1. The van der Waals surface area contributed by atoms with Crippen LogP contribution in [0.3, 0.4) is 0 Å². The van der Waals surface area contributed by atoms with E-state index in [0.717, 1.165) is 24.2 Å². The van der Waals surface area contributed by atoms with Gasteiger partial charge in [0.1, 0.15) is 0 Å². The molecular weight excluding hydrogens is 238 g/mol. The van der Waals surface area contributed by atoms with Gasteiger partial charge in [-0.2, -0.15) is 11.3 Å². The Labute approximate surface area is 114 Å². The molecule has 4 saturated carbocycles. The second kappa shape index (κ2) is 4.08. The molecule has 0 saturated heterocycles. The largest absolute Gasteiger partial charge is 0.327 e. The van der Waals surface area contributed by atoms with Crippen LogP contribution in [0.15, 0.2) is 16.8 Å². The maximum Gasteiger partial charge on any atom is 0.0137 e. The Morgan fingerprint density at radius 2 is 1.78 bits per heavy atom. The Balaban J connectivity index is 1.56. The van der Waals surface area contributed by atoms with Gasteiger partial charge in [-0.15, -0.1) is 0 Å². The fourth-order valence-electron chi connectivity index (χ4n) is 5.51. The number of thiophene rings is 1. The van der Waals surface area contributed by atoms with E-state index in [1.54, 1.807) is 11.3 Å². The van der Waals surface area contributed by atoms with Crippen molar-refractivity contribution in [2.45, 2.75) is 51.0 Å². The number of rotatable bonds is 3. The third-order valence-corrected chi connectivity index (χ3v) is 6.64. The molecule has 4 bridgehead atoms. The van der Waals surface area contributed by atoms with Crippen molar-refractivity contribution < 1.29 is 0 Å². The van der Waals surface area contributed by atoms with Crippen LogP contribution in [-0.4, -0.2) is 6.04 Å². The van der Waals surface area contributed by atoms with Crippen molar-refractivity contribution in [3.8, 4) is 0 Å². The first kappa shape index (κ1) is 11.5. The smallest absolute Gasteiger partial charge is 0.0137 e. The summed E-state index contributed by atoms with van der Waals surface area (Å²) >= 11 is 1.80. The summed E-state index contributed by atoms with van der Waals surface area (Å²) in [4.78, 5) is 0. The van der Waals surface area contributed by atoms with E-state index in [4.69, 9.17) is 5.73 Å². The van der Waals surface area contributed by atoms with Gasteiger partial charge in [0, 0.05) is 6.04 Å². The third-order valence-electron chi connectivity index (χ3n) is 5.91. The second-order valence-electron chi connectivity index (χ2n) is 7.22. The first-order chi connectivity index (χ1) is 8.73. The fraction of sp³-hybridized carbons (Fsp3) is 0.750. The fourth-order valence-corrected chi connectivity index (χ4v) is 6.19. The van der Waals surface area contributed by atoms with Crippen LogP contribution in [-0.2, 0) is 6.42 Å². The van der Waals surface area contributed by atoms with E-state index in [1.807, 2.05) is 0 Å². The van der Waals surface area contributed by atoms with E-state index in [2.05, 4.69) is 16.8 Å². The zero-order valence-corrected chi connectivity index (χ0v) is 11.8. The molecule has 1 aromatic heterocycles. The summed E-state index contributed by atoms with van der Waals surface area (Å²) in [5.41, 5.74) is 8.64. The molecule has 18 heavy (non-hydrogen) atoms. The summed E-state index contributed by atoms with van der Waals surface area (Å²) in [7, 11) is 0. The molecule has 0 aromatic carbocycles. The zero-order valence-electron chi connectivity index (χ0n) is 11.0. The van der Waals surface area contributed by atoms with Crippen LogP contribution in [0.5, 0.6) is 0 Å². The lowest BCUT2D eigenvalue weighted by molar-refractivity contribution is -0.0667. The summed E-state index contributed by atoms with van der Waals surface area (Å²) < 4.78 is 0. The minimum Gasteiger partial charge on any atom is -0.327 e. The summed E-state index contributed by atoms with van der Waals surface area (Å²) in [6.07, 6.45) is 9.97. The van der Waals surface area contributed by atoms with E-state index in [9.17, 15) is 0 Å². The van der Waals surface area contributed by atoms with Gasteiger partial charge in [-0.05, 0) is 90.5 Å². The lowest BCUT2D eigenvalue weighted by Crippen LogP contribution is -2.55. The van der Waals surface area contributed by atoms with Crippen molar-refractivity contribution >= 4 is 11.3 Å². The molecule has 0 spiro atoms. The van der Waals surface area contributed by atoms with Crippen LogP contribution in [0.4, 0.5) is 0 Å². The Hall–Kier alpha value is -0.340. The van der Waals surface area contributed by atoms with Crippen molar-refractivity contribution in [1.29, 1.82) is 0 Å². The SMILES string of the molecule is NC(Cc1ccsc1)C12CC3CC(CC(C3)C1)C2. The summed E-state index contributed by atoms with van der Waals surface area (Å²) in [5.74, 6) is 3.05. The van der Waals surface area contributed by atoms with Gasteiger partial charge in [0.2, 0.25) is 0 Å². The van der Waals surface area contributed by atoms with Gasteiger partial charge >= 0.3 is 0 Å². The van der Waals surface area contributed by atoms with Crippen LogP contribution >= 0.6 is 11.3 Å². The third kappa shape index (κ3) is 1.77. The first-order valence-corrected chi connectivity index (χ1v) is 8.44. The second-order valence-corrected chi connectivity index (χ2v) is 8.00. The summed E-state index contributed by atoms with van der Waals surface area (Å²) in [6, 6.07) is 2.66. The monoisotopic (exact) mass is 261 g/mol. The van der Waals surface area contributed by atoms with Crippen molar-refractivity contribution in [1.82, 2.24) is 0 Å². The van der Waals surface area contributed by atoms with E-state index in [-0.39, 0.29) is 0 Å². The van der Waals surface area contributed by atoms with Gasteiger partial charge in [-0.3, -0.25) is 0 Å². The normalized spacial score (nSPS) is 43.3. The molecule has 4 aliphatic rings. The highest BCUT2D eigenvalue weighted by molar-refractivity contribution is 7.07. The van der Waals surface area contributed by atoms with Gasteiger partial charge in [0.25, 0.3) is 0 Å². The molecule has 1 nitrogen and oxygen atoms in total. The molecule has 1 unspecified atom stereocenters. The molecule has 0 aliphatic heterocycles. The molecule has 98 valence electrons. The van der Waals surface area contributed by atoms with Gasteiger partial charge < -0.3 is 5.73 Å².